The maximum atomic E-state index is 13.0. The summed E-state index contributed by atoms with van der Waals surface area (Å²) in [7, 11) is -7.01. The van der Waals surface area contributed by atoms with E-state index in [4.69, 9.17) is 9.47 Å². The van der Waals surface area contributed by atoms with Gasteiger partial charge in [0.15, 0.2) is 0 Å². The number of benzene rings is 4. The van der Waals surface area contributed by atoms with E-state index in [0.29, 0.717) is 28.1 Å². The fourth-order valence-corrected chi connectivity index (χ4v) is 7.95. The monoisotopic (exact) mass is 812 g/mol. The highest BCUT2D eigenvalue weighted by molar-refractivity contribution is 7.82. The molecule has 15 heteroatoms. The van der Waals surface area contributed by atoms with Gasteiger partial charge < -0.3 is 27.6 Å². The maximum absolute atomic E-state index is 13.0. The molecule has 2 fully saturated rings. The van der Waals surface area contributed by atoms with Crippen molar-refractivity contribution in [2.24, 2.45) is 11.8 Å². The van der Waals surface area contributed by atoms with Crippen LogP contribution < -0.4 is 27.6 Å². The van der Waals surface area contributed by atoms with Crippen LogP contribution in [-0.4, -0.2) is 37.0 Å². The van der Waals surface area contributed by atoms with Gasteiger partial charge in [0.25, 0.3) is 0 Å². The van der Waals surface area contributed by atoms with Gasteiger partial charge in [-0.25, -0.2) is 0 Å². The third kappa shape index (κ3) is 8.48. The van der Waals surface area contributed by atoms with E-state index in [1.165, 1.54) is 6.07 Å². The lowest BCUT2D eigenvalue weighted by atomic mass is 9.80. The fourth-order valence-electron chi connectivity index (χ4n) is 7.16. The molecule has 1 amide bonds. The lowest BCUT2D eigenvalue weighted by Gasteiger charge is -2.50. The number of hydrogen-bond donors (Lipinski definition) is 0. The summed E-state index contributed by atoms with van der Waals surface area (Å²) in [5.41, 5.74) is 9.20. The highest BCUT2D eigenvalue weighted by Gasteiger charge is 2.46. The smallest absolute Gasteiger partial charge is 0.488 e. The molecule has 2 heterocycles. The van der Waals surface area contributed by atoms with Gasteiger partial charge in [0.2, 0.25) is 5.91 Å². The molecule has 0 radical (unpaired) electrons. The molecule has 0 bridgehead atoms. The van der Waals surface area contributed by atoms with Crippen molar-refractivity contribution in [2.75, 3.05) is 24.0 Å². The molecular weight excluding hydrogens is 767 g/mol. The molecule has 11 nitrogen and oxygen atoms in total. The molecule has 2 aliphatic heterocycles. The van der Waals surface area contributed by atoms with E-state index in [-0.39, 0.29) is 41.3 Å². The van der Waals surface area contributed by atoms with Crippen LogP contribution in [0.3, 0.4) is 0 Å². The van der Waals surface area contributed by atoms with Crippen LogP contribution in [0.4, 0.5) is 19.1 Å². The van der Waals surface area contributed by atoms with Gasteiger partial charge in [0.05, 0.1) is 32.2 Å². The van der Waals surface area contributed by atoms with Gasteiger partial charge in [-0.3, -0.25) is 4.79 Å². The SMILES string of the molecule is C=C1[C@@H](C)[C@H](c2ccc(C)c(OS(=O)(=O)F)c2)N1c1cc(C)c(C)c(OC)c1.COc1cc(N2C(=O)[C@H](C)[C@@H]2c2ccc(C)c(OS(=O)(=O)F)c2)cc(C)c1C. The molecule has 0 N–H and O–H groups in total. The maximum Gasteiger partial charge on any atom is 0.488 e. The second-order valence-corrected chi connectivity index (χ2v) is 16.1. The average molecular weight is 813 g/mol. The van der Waals surface area contributed by atoms with E-state index in [1.807, 2.05) is 52.8 Å². The molecule has 0 aliphatic carbocycles. The summed E-state index contributed by atoms with van der Waals surface area (Å²) in [4.78, 5) is 16.3. The quantitative estimate of drug-likeness (QED) is 0.113. The molecule has 4 aromatic rings. The number of hydrogen-bond acceptors (Lipinski definition) is 10. The first-order chi connectivity index (χ1) is 26.1. The van der Waals surface area contributed by atoms with Crippen molar-refractivity contribution >= 4 is 38.3 Å². The normalized spacial score (nSPS) is 19.4. The summed E-state index contributed by atoms with van der Waals surface area (Å²) in [6, 6.07) is 17.4. The first-order valence-corrected chi connectivity index (χ1v) is 20.3. The largest absolute Gasteiger partial charge is 0.496 e. The van der Waals surface area contributed by atoms with Crippen molar-refractivity contribution in [1.82, 2.24) is 0 Å². The van der Waals surface area contributed by atoms with Gasteiger partial charge in [0.1, 0.15) is 23.0 Å². The number of ether oxygens (including phenoxy) is 2. The summed E-state index contributed by atoms with van der Waals surface area (Å²) in [5.74, 6) is 1.12. The summed E-state index contributed by atoms with van der Waals surface area (Å²) in [6.45, 7) is 19.2. The van der Waals surface area contributed by atoms with Crippen LogP contribution in [0.5, 0.6) is 23.0 Å². The third-order valence-electron chi connectivity index (χ3n) is 10.7. The van der Waals surface area contributed by atoms with E-state index in [9.17, 15) is 29.4 Å². The van der Waals surface area contributed by atoms with Crippen molar-refractivity contribution < 1.29 is 47.2 Å². The fraction of sp³-hybridized carbons (Fsp3) is 0.341. The molecule has 4 aromatic carbocycles. The number of β-lactam (4-membered cyclic amide) rings is 1. The molecule has 56 heavy (non-hydrogen) atoms. The van der Waals surface area contributed by atoms with Crippen LogP contribution in [0.1, 0.15) is 70.4 Å². The molecule has 0 spiro atoms. The minimum atomic E-state index is -5.14. The second kappa shape index (κ2) is 15.8. The van der Waals surface area contributed by atoms with E-state index >= 15 is 0 Å². The van der Waals surface area contributed by atoms with Gasteiger partial charge in [-0.15, -0.1) is 0 Å². The first-order valence-electron chi connectivity index (χ1n) is 17.7. The Hall–Kier alpha value is -5.15. The highest BCUT2D eigenvalue weighted by Crippen LogP contribution is 2.51. The number of nitrogens with zero attached hydrogens (tertiary/aromatic N) is 2. The Morgan fingerprint density at radius 2 is 0.964 bits per heavy atom. The van der Waals surface area contributed by atoms with Crippen molar-refractivity contribution in [3.63, 3.8) is 0 Å². The third-order valence-corrected chi connectivity index (χ3v) is 11.4. The molecule has 4 atom stereocenters. The van der Waals surface area contributed by atoms with E-state index < -0.39 is 21.0 Å². The summed E-state index contributed by atoms with van der Waals surface area (Å²) >= 11 is 0. The van der Waals surface area contributed by atoms with Crippen molar-refractivity contribution in [3.8, 4) is 23.0 Å². The molecule has 2 saturated heterocycles. The number of aryl methyl sites for hydroxylation is 4. The van der Waals surface area contributed by atoms with Crippen LogP contribution in [0.2, 0.25) is 0 Å². The van der Waals surface area contributed by atoms with Crippen LogP contribution >= 0.6 is 0 Å². The predicted octanol–water partition coefficient (Wildman–Crippen LogP) is 8.86. The topological polar surface area (TPSA) is 129 Å². The Balaban J connectivity index is 0.000000214. The Morgan fingerprint density at radius 1 is 0.571 bits per heavy atom. The summed E-state index contributed by atoms with van der Waals surface area (Å²) in [5, 5.41) is 0. The van der Waals surface area contributed by atoms with Gasteiger partial charge in [-0.05, 0) is 110 Å². The number of rotatable bonds is 10. The Bertz CT molecular complexity index is 2270. The zero-order valence-electron chi connectivity index (χ0n) is 32.9. The number of methoxy groups -OCH3 is 2. The minimum absolute atomic E-state index is 0.0117. The number of halogens is 2. The lowest BCUT2D eigenvalue weighted by molar-refractivity contribution is -0.129. The predicted molar refractivity (Wildman–Crippen MR) is 212 cm³/mol. The van der Waals surface area contributed by atoms with Crippen LogP contribution in [0, 0.1) is 53.4 Å². The van der Waals surface area contributed by atoms with Gasteiger partial charge in [-0.1, -0.05) is 52.5 Å². The van der Waals surface area contributed by atoms with E-state index in [1.54, 1.807) is 70.2 Å². The Labute approximate surface area is 328 Å². The number of anilines is 2. The number of carbonyl (C=O) groups is 1. The van der Waals surface area contributed by atoms with Crippen molar-refractivity contribution in [2.45, 2.75) is 67.5 Å². The molecular formula is C41H46F2N2O9S2. The van der Waals surface area contributed by atoms with Crippen LogP contribution in [0.25, 0.3) is 0 Å². The minimum Gasteiger partial charge on any atom is -0.496 e. The summed E-state index contributed by atoms with van der Waals surface area (Å²) in [6.07, 6.45) is 0. The van der Waals surface area contributed by atoms with Crippen LogP contribution in [-0.2, 0) is 25.8 Å². The molecule has 300 valence electrons. The Kier molecular flexibility index (Phi) is 11.8. The van der Waals surface area contributed by atoms with E-state index in [0.717, 1.165) is 45.0 Å². The standard InChI is InChI=1S/C21H24FNO4S.C20H22FNO5S/c1-12-7-8-17(10-19(12)27-28(22,24)25)21-15(4)16(5)23(21)18-9-13(2)14(3)20(11-18)26-6;1-11-6-7-15(9-17(11)27-28(21,24)25)19-14(4)20(23)22(19)16-8-12(2)13(3)18(10-16)26-5/h7-11,15,21H,5H2,1-4,6H3;6-10,14,19H,1-5H3/t15-,21-;14-,19-/m11/s1. The lowest BCUT2D eigenvalue weighted by Crippen LogP contribution is -2.54. The van der Waals surface area contributed by atoms with Crippen molar-refractivity contribution in [1.29, 1.82) is 0 Å². The molecule has 0 saturated carbocycles. The summed E-state index contributed by atoms with van der Waals surface area (Å²) < 4.78 is 89.6. The molecule has 0 aromatic heterocycles. The van der Waals surface area contributed by atoms with Gasteiger partial charge in [-0.2, -0.15) is 16.8 Å². The van der Waals surface area contributed by atoms with Gasteiger partial charge in [0, 0.05) is 35.1 Å². The van der Waals surface area contributed by atoms with Crippen molar-refractivity contribution in [3.05, 3.63) is 117 Å². The molecule has 0 unspecified atom stereocenters. The first kappa shape index (κ1) is 42.0. The van der Waals surface area contributed by atoms with Crippen LogP contribution in [0.15, 0.2) is 72.9 Å². The zero-order valence-corrected chi connectivity index (χ0v) is 34.6. The number of amides is 1. The second-order valence-electron chi connectivity index (χ2n) is 14.2. The van der Waals surface area contributed by atoms with Gasteiger partial charge >= 0.3 is 21.0 Å². The zero-order chi connectivity index (χ0) is 41.6. The Morgan fingerprint density at radius 3 is 1.36 bits per heavy atom. The molecule has 6 rings (SSSR count). The highest BCUT2D eigenvalue weighted by atomic mass is 32.3. The average Bonchev–Trinajstić information content (AvgIpc) is 3.12. The van der Waals surface area contributed by atoms with E-state index in [2.05, 4.69) is 25.9 Å². The number of carbonyl (C=O) groups excluding carboxylic acids is 1. The molecule has 2 aliphatic rings.